The number of fused-ring (bicyclic) bond motifs is 2. The van der Waals surface area contributed by atoms with Crippen molar-refractivity contribution in [1.82, 2.24) is 4.90 Å². The Kier molecular flexibility index (Phi) is 6.59. The lowest BCUT2D eigenvalue weighted by molar-refractivity contribution is 0.368. The lowest BCUT2D eigenvalue weighted by Crippen LogP contribution is -2.40. The normalized spacial score (nSPS) is 21.9. The highest BCUT2D eigenvalue weighted by atomic mass is 32.2. The average molecular weight is 446 g/mol. The summed E-state index contributed by atoms with van der Waals surface area (Å²) in [6.07, 6.45) is 13.5. The largest absolute Gasteiger partial charge is 0.313 e. The summed E-state index contributed by atoms with van der Waals surface area (Å²) in [4.78, 5) is 13.1. The first-order valence-electron chi connectivity index (χ1n) is 12.5. The van der Waals surface area contributed by atoms with Crippen LogP contribution in [-0.2, 0) is 0 Å². The maximum absolute atomic E-state index is 5.29. The Hall–Kier alpha value is -2.20. The molecule has 0 saturated carbocycles. The van der Waals surface area contributed by atoms with E-state index >= 15 is 0 Å². The molecule has 32 heavy (non-hydrogen) atoms. The van der Waals surface area contributed by atoms with E-state index in [1.54, 1.807) is 0 Å². The topological polar surface area (TPSA) is 18.8 Å². The summed E-state index contributed by atoms with van der Waals surface area (Å²) in [6.45, 7) is 4.58. The summed E-state index contributed by atoms with van der Waals surface area (Å²) >= 11 is 1.89. The molecule has 5 rings (SSSR count). The Labute approximate surface area is 197 Å². The van der Waals surface area contributed by atoms with Crippen LogP contribution in [0, 0.1) is 0 Å². The zero-order valence-corrected chi connectivity index (χ0v) is 20.3. The van der Waals surface area contributed by atoms with E-state index in [2.05, 4.69) is 78.3 Å². The summed E-state index contributed by atoms with van der Waals surface area (Å²) in [6, 6.07) is 18.7. The molecule has 0 radical (unpaired) electrons. The van der Waals surface area contributed by atoms with E-state index in [9.17, 15) is 0 Å². The van der Waals surface area contributed by atoms with Gasteiger partial charge in [0.15, 0.2) is 0 Å². The zero-order chi connectivity index (χ0) is 21.9. The predicted octanol–water partition coefficient (Wildman–Crippen LogP) is 8.15. The smallest absolute Gasteiger partial charge is 0.115 e. The third-order valence-electron chi connectivity index (χ3n) is 6.94. The number of hydrogen-bond donors (Lipinski definition) is 0. The van der Waals surface area contributed by atoms with Crippen molar-refractivity contribution in [1.29, 1.82) is 0 Å². The maximum atomic E-state index is 5.29. The highest BCUT2D eigenvalue weighted by Gasteiger charge is 2.37. The minimum Gasteiger partial charge on any atom is -0.313 e. The lowest BCUT2D eigenvalue weighted by Gasteiger charge is -2.39. The second-order valence-corrected chi connectivity index (χ2v) is 10.3. The van der Waals surface area contributed by atoms with Crippen LogP contribution < -0.4 is 4.90 Å². The van der Waals surface area contributed by atoms with Crippen molar-refractivity contribution in [2.24, 2.45) is 4.99 Å². The Morgan fingerprint density at radius 2 is 1.56 bits per heavy atom. The summed E-state index contributed by atoms with van der Waals surface area (Å²) in [7, 11) is 0. The van der Waals surface area contributed by atoms with Gasteiger partial charge < -0.3 is 4.90 Å². The first-order valence-corrected chi connectivity index (χ1v) is 13.3. The van der Waals surface area contributed by atoms with E-state index in [-0.39, 0.29) is 0 Å². The van der Waals surface area contributed by atoms with Crippen LogP contribution in [0.2, 0.25) is 0 Å². The van der Waals surface area contributed by atoms with Crippen LogP contribution in [0.15, 0.2) is 75.2 Å². The standard InChI is InChI=1S/C28H35N3S/c1-3-5-11-21-17-19-27(29-21)30-22(12-6-4-2)18-20-28(30)31-23-13-7-9-15-25(23)32-26-16-10-8-14-24(26)31/h7-10,13-16,20-22H,3-6,11-12,17-19H2,1-2H3. The monoisotopic (exact) mass is 445 g/mol. The molecule has 0 saturated heterocycles. The van der Waals surface area contributed by atoms with Gasteiger partial charge in [0.2, 0.25) is 0 Å². The highest BCUT2D eigenvalue weighted by Crippen LogP contribution is 2.51. The van der Waals surface area contributed by atoms with Crippen molar-refractivity contribution < 1.29 is 0 Å². The summed E-state index contributed by atoms with van der Waals surface area (Å²) in [5, 5.41) is 0. The van der Waals surface area contributed by atoms with Crippen LogP contribution >= 0.6 is 11.8 Å². The van der Waals surface area contributed by atoms with Gasteiger partial charge in [0.1, 0.15) is 11.7 Å². The number of nitrogens with zero attached hydrogens (tertiary/aromatic N) is 3. The first kappa shape index (κ1) is 21.6. The molecule has 2 aromatic carbocycles. The molecule has 0 bridgehead atoms. The molecule has 0 fully saturated rings. The first-order chi connectivity index (χ1) is 15.8. The van der Waals surface area contributed by atoms with E-state index in [1.165, 1.54) is 77.8 Å². The SMILES string of the molecule is CCCCC1CCC(N2C(N3c4ccccc4Sc4ccccc43)=CCC2CCCC)=N1. The molecule has 0 N–H and O–H groups in total. The molecule has 0 amide bonds. The van der Waals surface area contributed by atoms with Gasteiger partial charge in [-0.05, 0) is 56.0 Å². The fraction of sp³-hybridized carbons (Fsp3) is 0.464. The molecule has 3 aliphatic rings. The second-order valence-electron chi connectivity index (χ2n) is 9.22. The summed E-state index contributed by atoms with van der Waals surface area (Å²) in [5.74, 6) is 2.64. The minimum absolute atomic E-state index is 0.509. The van der Waals surface area contributed by atoms with E-state index in [0.717, 1.165) is 12.8 Å². The minimum atomic E-state index is 0.509. The Morgan fingerprint density at radius 1 is 0.906 bits per heavy atom. The quantitative estimate of drug-likeness (QED) is 0.428. The predicted molar refractivity (Wildman–Crippen MR) is 137 cm³/mol. The van der Waals surface area contributed by atoms with Crippen LogP contribution in [0.25, 0.3) is 0 Å². The highest BCUT2D eigenvalue weighted by molar-refractivity contribution is 7.99. The zero-order valence-electron chi connectivity index (χ0n) is 19.5. The van der Waals surface area contributed by atoms with Crippen molar-refractivity contribution >= 4 is 29.0 Å². The van der Waals surface area contributed by atoms with Gasteiger partial charge in [0, 0.05) is 22.3 Å². The van der Waals surface area contributed by atoms with Gasteiger partial charge in [0.25, 0.3) is 0 Å². The van der Waals surface area contributed by atoms with Gasteiger partial charge in [-0.1, -0.05) is 75.6 Å². The van der Waals surface area contributed by atoms with Gasteiger partial charge in [-0.2, -0.15) is 0 Å². The Bertz CT molecular complexity index is 966. The maximum Gasteiger partial charge on any atom is 0.115 e. The van der Waals surface area contributed by atoms with Crippen molar-refractivity contribution in [3.63, 3.8) is 0 Å². The average Bonchev–Trinajstić information content (AvgIpc) is 3.46. The molecule has 3 nitrogen and oxygen atoms in total. The fourth-order valence-corrected chi connectivity index (χ4v) is 6.34. The number of unbranched alkanes of at least 4 members (excludes halogenated alkanes) is 2. The van der Waals surface area contributed by atoms with Gasteiger partial charge in [0.05, 0.1) is 17.4 Å². The van der Waals surface area contributed by atoms with Gasteiger partial charge in [-0.3, -0.25) is 9.89 Å². The van der Waals surface area contributed by atoms with Gasteiger partial charge in [-0.25, -0.2) is 0 Å². The molecule has 4 heteroatoms. The van der Waals surface area contributed by atoms with Crippen LogP contribution in [0.3, 0.4) is 0 Å². The van der Waals surface area contributed by atoms with E-state index in [0.29, 0.717) is 12.1 Å². The molecule has 0 aromatic heterocycles. The second kappa shape index (κ2) is 9.74. The molecule has 168 valence electrons. The molecule has 0 aliphatic carbocycles. The lowest BCUT2D eigenvalue weighted by atomic mass is 10.1. The molecule has 2 aromatic rings. The number of anilines is 2. The van der Waals surface area contributed by atoms with E-state index < -0.39 is 0 Å². The van der Waals surface area contributed by atoms with Crippen LogP contribution in [-0.4, -0.2) is 22.8 Å². The third-order valence-corrected chi connectivity index (χ3v) is 8.07. The number of benzene rings is 2. The molecular weight excluding hydrogens is 410 g/mol. The molecule has 3 heterocycles. The Balaban J connectivity index is 1.53. The Morgan fingerprint density at radius 3 is 2.25 bits per heavy atom. The molecular formula is C28H35N3S. The molecule has 0 spiro atoms. The number of para-hydroxylation sites is 2. The van der Waals surface area contributed by atoms with Crippen LogP contribution in [0.5, 0.6) is 0 Å². The van der Waals surface area contributed by atoms with E-state index in [4.69, 9.17) is 4.99 Å². The van der Waals surface area contributed by atoms with Crippen molar-refractivity contribution in [3.05, 3.63) is 60.4 Å². The van der Waals surface area contributed by atoms with Gasteiger partial charge >= 0.3 is 0 Å². The summed E-state index contributed by atoms with van der Waals surface area (Å²) in [5.41, 5.74) is 2.59. The van der Waals surface area contributed by atoms with Gasteiger partial charge in [-0.15, -0.1) is 0 Å². The number of amidine groups is 1. The number of aliphatic imine (C=N–C) groups is 1. The fourth-order valence-electron chi connectivity index (χ4n) is 5.28. The van der Waals surface area contributed by atoms with Crippen LogP contribution in [0.4, 0.5) is 11.4 Å². The van der Waals surface area contributed by atoms with Crippen molar-refractivity contribution in [3.8, 4) is 0 Å². The number of hydrogen-bond acceptors (Lipinski definition) is 4. The van der Waals surface area contributed by atoms with Crippen molar-refractivity contribution in [2.75, 3.05) is 4.90 Å². The molecule has 2 atom stereocenters. The van der Waals surface area contributed by atoms with Crippen LogP contribution in [0.1, 0.15) is 71.6 Å². The molecule has 3 aliphatic heterocycles. The van der Waals surface area contributed by atoms with E-state index in [1.807, 2.05) is 11.8 Å². The third kappa shape index (κ3) is 4.10. The van der Waals surface area contributed by atoms with Crippen molar-refractivity contribution in [2.45, 2.75) is 93.5 Å². The molecule has 2 unspecified atom stereocenters. The number of rotatable bonds is 7. The summed E-state index contributed by atoms with van der Waals surface area (Å²) < 4.78 is 0.